The van der Waals surface area contributed by atoms with Gasteiger partial charge in [0.2, 0.25) is 0 Å². The molecule has 1 rings (SSSR count). The molecule has 1 saturated heterocycles. The van der Waals surface area contributed by atoms with Gasteiger partial charge in [-0.1, -0.05) is 0 Å². The second kappa shape index (κ2) is 8.22. The molecule has 0 aromatic carbocycles. The fourth-order valence-corrected chi connectivity index (χ4v) is 2.13. The third-order valence-corrected chi connectivity index (χ3v) is 3.29. The molecular weight excluding hydrogens is 282 g/mol. The highest BCUT2D eigenvalue weighted by atomic mass is 16.6. The summed E-state index contributed by atoms with van der Waals surface area (Å²) in [4.78, 5) is 22.3. The molecule has 0 bridgehead atoms. The largest absolute Gasteiger partial charge is 0.444 e. The number of aliphatic imine (C=N–C) groups is 1. The number of nitrogens with zero attached hydrogens (tertiary/aromatic N) is 4. The molecule has 0 radical (unpaired) electrons. The number of hydrogen-bond acceptors (Lipinski definition) is 4. The molecule has 0 aliphatic carbocycles. The number of guanidine groups is 1. The molecule has 0 aromatic rings. The molecule has 0 spiro atoms. The van der Waals surface area contributed by atoms with Crippen LogP contribution in [-0.4, -0.2) is 85.7 Å². The van der Waals surface area contributed by atoms with Gasteiger partial charge in [0, 0.05) is 32.7 Å². The Morgan fingerprint density at radius 3 is 2.23 bits per heavy atom. The minimum Gasteiger partial charge on any atom is -0.444 e. The Bertz CT molecular complexity index is 382. The molecule has 0 atom stereocenters. The quantitative estimate of drug-likeness (QED) is 0.472. The lowest BCUT2D eigenvalue weighted by molar-refractivity contribution is 0.0186. The number of hydrogen-bond donors (Lipinski definition) is 1. The van der Waals surface area contributed by atoms with Crippen molar-refractivity contribution in [2.75, 3.05) is 53.4 Å². The van der Waals surface area contributed by atoms with Crippen molar-refractivity contribution < 1.29 is 9.53 Å². The molecule has 1 amide bonds. The predicted molar refractivity (Wildman–Crippen MR) is 89.0 cm³/mol. The zero-order valence-corrected chi connectivity index (χ0v) is 14.6. The van der Waals surface area contributed by atoms with Gasteiger partial charge in [0.05, 0.1) is 0 Å². The highest BCUT2D eigenvalue weighted by Gasteiger charge is 2.26. The van der Waals surface area contributed by atoms with Gasteiger partial charge in [-0.25, -0.2) is 4.79 Å². The van der Waals surface area contributed by atoms with Crippen LogP contribution in [-0.2, 0) is 4.74 Å². The van der Waals surface area contributed by atoms with Crippen LogP contribution >= 0.6 is 0 Å². The number of nitrogens with two attached hydrogens (primary N) is 1. The summed E-state index contributed by atoms with van der Waals surface area (Å²) in [6.07, 6.45) is 0.736. The normalized spacial score (nSPS) is 17.1. The van der Waals surface area contributed by atoms with Crippen LogP contribution < -0.4 is 5.73 Å². The molecule has 22 heavy (non-hydrogen) atoms. The maximum Gasteiger partial charge on any atom is 0.410 e. The molecule has 1 aliphatic heterocycles. The fourth-order valence-electron chi connectivity index (χ4n) is 2.13. The van der Waals surface area contributed by atoms with Gasteiger partial charge in [0.15, 0.2) is 5.96 Å². The zero-order chi connectivity index (χ0) is 16.8. The number of amides is 1. The van der Waals surface area contributed by atoms with Gasteiger partial charge < -0.3 is 25.2 Å². The van der Waals surface area contributed by atoms with E-state index in [4.69, 9.17) is 10.5 Å². The van der Waals surface area contributed by atoms with E-state index in [1.165, 1.54) is 0 Å². The van der Waals surface area contributed by atoms with E-state index in [0.717, 1.165) is 19.5 Å². The van der Waals surface area contributed by atoms with Crippen LogP contribution in [0, 0.1) is 0 Å². The van der Waals surface area contributed by atoms with Gasteiger partial charge in [-0.15, -0.1) is 0 Å². The molecule has 0 aromatic heterocycles. The summed E-state index contributed by atoms with van der Waals surface area (Å²) in [5, 5.41) is 0. The van der Waals surface area contributed by atoms with E-state index < -0.39 is 5.60 Å². The molecular formula is C15H31N5O2. The molecule has 1 aliphatic rings. The summed E-state index contributed by atoms with van der Waals surface area (Å²) in [6, 6.07) is 0. The van der Waals surface area contributed by atoms with Crippen molar-refractivity contribution in [2.45, 2.75) is 32.8 Å². The number of carbonyl (C=O) groups is 1. The van der Waals surface area contributed by atoms with E-state index in [1.54, 1.807) is 4.90 Å². The lowest BCUT2D eigenvalue weighted by atomic mass is 10.2. The molecule has 7 nitrogen and oxygen atoms in total. The van der Waals surface area contributed by atoms with Crippen LogP contribution in [0.5, 0.6) is 0 Å². The van der Waals surface area contributed by atoms with Crippen LogP contribution in [0.15, 0.2) is 4.99 Å². The Labute approximate surface area is 134 Å². The summed E-state index contributed by atoms with van der Waals surface area (Å²) >= 11 is 0. The first kappa shape index (κ1) is 18.5. The van der Waals surface area contributed by atoms with Crippen molar-refractivity contribution in [3.05, 3.63) is 0 Å². The maximum absolute atomic E-state index is 12.0. The van der Waals surface area contributed by atoms with Gasteiger partial charge in [-0.3, -0.25) is 4.99 Å². The van der Waals surface area contributed by atoms with Gasteiger partial charge >= 0.3 is 6.09 Å². The van der Waals surface area contributed by atoms with Crippen molar-refractivity contribution in [2.24, 2.45) is 10.7 Å². The number of carbonyl (C=O) groups excluding carboxylic acids is 1. The average Bonchev–Trinajstić information content (AvgIpc) is 2.41. The van der Waals surface area contributed by atoms with Crippen molar-refractivity contribution in [3.63, 3.8) is 0 Å². The Balaban J connectivity index is 2.35. The van der Waals surface area contributed by atoms with Crippen molar-refractivity contribution in [3.8, 4) is 0 Å². The van der Waals surface area contributed by atoms with E-state index in [-0.39, 0.29) is 6.09 Å². The van der Waals surface area contributed by atoms with Crippen molar-refractivity contribution >= 4 is 12.1 Å². The van der Waals surface area contributed by atoms with Gasteiger partial charge in [-0.05, 0) is 47.8 Å². The predicted octanol–water partition coefficient (Wildman–Crippen LogP) is 0.806. The Hall–Kier alpha value is -1.50. The minimum atomic E-state index is -0.457. The minimum absolute atomic E-state index is 0.256. The smallest absolute Gasteiger partial charge is 0.410 e. The SMILES string of the molecule is CN(C)CCCN=C(N)N1CCN(C(=O)OC(C)(C)C)CC1. The highest BCUT2D eigenvalue weighted by Crippen LogP contribution is 2.11. The first-order chi connectivity index (χ1) is 10.2. The molecule has 7 heteroatoms. The molecule has 0 unspecified atom stereocenters. The first-order valence-corrected chi connectivity index (χ1v) is 7.86. The number of ether oxygens (including phenoxy) is 1. The summed E-state index contributed by atoms with van der Waals surface area (Å²) in [7, 11) is 4.09. The molecule has 0 saturated carbocycles. The molecule has 1 heterocycles. The van der Waals surface area contributed by atoms with E-state index in [1.807, 2.05) is 39.8 Å². The lowest BCUT2D eigenvalue weighted by Gasteiger charge is -2.36. The first-order valence-electron chi connectivity index (χ1n) is 7.86. The van der Waals surface area contributed by atoms with Crippen LogP contribution in [0.2, 0.25) is 0 Å². The third kappa shape index (κ3) is 6.98. The van der Waals surface area contributed by atoms with Crippen LogP contribution in [0.1, 0.15) is 27.2 Å². The topological polar surface area (TPSA) is 74.4 Å². The van der Waals surface area contributed by atoms with Crippen LogP contribution in [0.3, 0.4) is 0 Å². The van der Waals surface area contributed by atoms with E-state index in [2.05, 4.69) is 9.89 Å². The zero-order valence-electron chi connectivity index (χ0n) is 14.6. The van der Waals surface area contributed by atoms with Gasteiger partial charge in [0.25, 0.3) is 0 Å². The summed E-state index contributed by atoms with van der Waals surface area (Å²) in [5.74, 6) is 0.572. The summed E-state index contributed by atoms with van der Waals surface area (Å²) < 4.78 is 5.38. The Morgan fingerprint density at radius 1 is 1.18 bits per heavy atom. The van der Waals surface area contributed by atoms with Gasteiger partial charge in [0.1, 0.15) is 5.60 Å². The van der Waals surface area contributed by atoms with Gasteiger partial charge in [-0.2, -0.15) is 0 Å². The molecule has 1 fully saturated rings. The monoisotopic (exact) mass is 313 g/mol. The number of piperazine rings is 1. The van der Waals surface area contributed by atoms with E-state index >= 15 is 0 Å². The summed E-state index contributed by atoms with van der Waals surface area (Å²) in [5.41, 5.74) is 5.56. The average molecular weight is 313 g/mol. The molecule has 2 N–H and O–H groups in total. The summed E-state index contributed by atoms with van der Waals surface area (Å²) in [6.45, 7) is 9.98. The van der Waals surface area contributed by atoms with Crippen molar-refractivity contribution in [1.29, 1.82) is 0 Å². The van der Waals surface area contributed by atoms with Crippen LogP contribution in [0.25, 0.3) is 0 Å². The van der Waals surface area contributed by atoms with E-state index in [9.17, 15) is 4.79 Å². The van der Waals surface area contributed by atoms with Crippen LogP contribution in [0.4, 0.5) is 4.79 Å². The fraction of sp³-hybridized carbons (Fsp3) is 0.867. The Kier molecular flexibility index (Phi) is 6.93. The third-order valence-electron chi connectivity index (χ3n) is 3.29. The van der Waals surface area contributed by atoms with E-state index in [0.29, 0.717) is 32.1 Å². The Morgan fingerprint density at radius 2 is 1.73 bits per heavy atom. The lowest BCUT2D eigenvalue weighted by Crippen LogP contribution is -2.53. The second-order valence-corrected chi connectivity index (χ2v) is 6.85. The van der Waals surface area contributed by atoms with Crippen molar-refractivity contribution in [1.82, 2.24) is 14.7 Å². The maximum atomic E-state index is 12.0. The second-order valence-electron chi connectivity index (χ2n) is 6.85. The highest BCUT2D eigenvalue weighted by molar-refractivity contribution is 5.78. The standard InChI is InChI=1S/C15H31N5O2/c1-15(2,3)22-14(21)20-11-9-19(10-12-20)13(16)17-7-6-8-18(4)5/h6-12H2,1-5H3,(H2,16,17). The number of rotatable bonds is 4. The molecule has 128 valence electrons.